The van der Waals surface area contributed by atoms with Gasteiger partial charge in [0.2, 0.25) is 0 Å². The molecule has 1 atom stereocenters. The third-order valence-corrected chi connectivity index (χ3v) is 4.47. The van der Waals surface area contributed by atoms with Crippen molar-refractivity contribution < 1.29 is 0 Å². The Morgan fingerprint density at radius 1 is 1.38 bits per heavy atom. The average Bonchev–Trinajstić information content (AvgIpc) is 3.05. The first-order valence-electron chi connectivity index (χ1n) is 6.04. The smallest absolute Gasteiger partial charge is 0.0207 e. The molecule has 0 aliphatic heterocycles. The summed E-state index contributed by atoms with van der Waals surface area (Å²) in [5.41, 5.74) is 1.85. The Labute approximate surface area is 107 Å². The largest absolute Gasteiger partial charge is 0.319 e. The van der Waals surface area contributed by atoms with E-state index in [1.807, 2.05) is 0 Å². The van der Waals surface area contributed by atoms with Crippen LogP contribution < -0.4 is 5.32 Å². The molecule has 1 saturated carbocycles. The van der Waals surface area contributed by atoms with E-state index in [-0.39, 0.29) is 0 Å². The van der Waals surface area contributed by atoms with Crippen LogP contribution >= 0.6 is 15.9 Å². The van der Waals surface area contributed by atoms with Gasteiger partial charge in [-0.15, -0.1) is 0 Å². The molecular formula is C14H20BrN. The Hall–Kier alpha value is -0.340. The van der Waals surface area contributed by atoms with E-state index in [0.29, 0.717) is 5.41 Å². The molecule has 1 aliphatic rings. The first-order valence-corrected chi connectivity index (χ1v) is 6.83. The Morgan fingerprint density at radius 2 is 2.06 bits per heavy atom. The van der Waals surface area contributed by atoms with Gasteiger partial charge >= 0.3 is 0 Å². The van der Waals surface area contributed by atoms with Gasteiger partial charge in [0.1, 0.15) is 0 Å². The molecule has 0 aromatic heterocycles. The monoisotopic (exact) mass is 281 g/mol. The quantitative estimate of drug-likeness (QED) is 0.869. The van der Waals surface area contributed by atoms with Crippen molar-refractivity contribution in [3.8, 4) is 0 Å². The van der Waals surface area contributed by atoms with E-state index in [4.69, 9.17) is 0 Å². The Balaban J connectivity index is 2.14. The third kappa shape index (κ3) is 2.67. The van der Waals surface area contributed by atoms with Crippen LogP contribution in [0.4, 0.5) is 0 Å². The number of rotatable bonds is 5. The van der Waals surface area contributed by atoms with Crippen LogP contribution in [0.3, 0.4) is 0 Å². The van der Waals surface area contributed by atoms with Crippen LogP contribution in [0, 0.1) is 11.3 Å². The van der Waals surface area contributed by atoms with Crippen LogP contribution in [0.5, 0.6) is 0 Å². The highest BCUT2D eigenvalue weighted by molar-refractivity contribution is 9.10. The molecule has 0 bridgehead atoms. The summed E-state index contributed by atoms with van der Waals surface area (Å²) in [5.74, 6) is 0.909. The molecule has 0 saturated heterocycles. The highest BCUT2D eigenvalue weighted by Gasteiger charge is 2.40. The normalized spacial score (nSPS) is 19.4. The summed E-state index contributed by atoms with van der Waals surface area (Å²) >= 11 is 3.65. The Kier molecular flexibility index (Phi) is 3.70. The maximum atomic E-state index is 3.65. The van der Waals surface area contributed by atoms with Crippen molar-refractivity contribution in [2.75, 3.05) is 13.6 Å². The molecule has 1 unspecified atom stereocenters. The minimum atomic E-state index is 0.415. The second-order valence-corrected chi connectivity index (χ2v) is 6.08. The van der Waals surface area contributed by atoms with Crippen molar-refractivity contribution in [1.29, 1.82) is 0 Å². The molecule has 88 valence electrons. The first-order chi connectivity index (χ1) is 7.65. The lowest BCUT2D eigenvalue weighted by molar-refractivity contribution is 0.262. The van der Waals surface area contributed by atoms with Crippen molar-refractivity contribution in [3.05, 3.63) is 34.3 Å². The lowest BCUT2D eigenvalue weighted by atomic mass is 9.79. The van der Waals surface area contributed by atoms with Gasteiger partial charge in [0.25, 0.3) is 0 Å². The lowest BCUT2D eigenvalue weighted by Crippen LogP contribution is -2.33. The molecule has 2 heteroatoms. The van der Waals surface area contributed by atoms with E-state index < -0.39 is 0 Å². The van der Waals surface area contributed by atoms with Crippen LogP contribution in [0.1, 0.15) is 25.3 Å². The second-order valence-electron chi connectivity index (χ2n) is 5.23. The predicted molar refractivity (Wildman–Crippen MR) is 72.6 cm³/mol. The van der Waals surface area contributed by atoms with Gasteiger partial charge in [-0.3, -0.25) is 0 Å². The molecule has 16 heavy (non-hydrogen) atoms. The summed E-state index contributed by atoms with van der Waals surface area (Å²) in [6, 6.07) is 8.59. The van der Waals surface area contributed by atoms with Crippen LogP contribution in [0.15, 0.2) is 28.7 Å². The van der Waals surface area contributed by atoms with Gasteiger partial charge in [0, 0.05) is 11.0 Å². The van der Waals surface area contributed by atoms with Crippen molar-refractivity contribution >= 4 is 15.9 Å². The van der Waals surface area contributed by atoms with Gasteiger partial charge < -0.3 is 5.32 Å². The molecule has 1 aromatic rings. The summed E-state index contributed by atoms with van der Waals surface area (Å²) in [4.78, 5) is 0. The number of hydrogen-bond acceptors (Lipinski definition) is 1. The molecule has 0 amide bonds. The summed E-state index contributed by atoms with van der Waals surface area (Å²) in [6.45, 7) is 3.53. The predicted octanol–water partition coefficient (Wildman–Crippen LogP) is 3.63. The maximum Gasteiger partial charge on any atom is 0.0207 e. The SMILES string of the molecule is CNCC(C)(Cc1ccccc1Br)C1CC1. The Morgan fingerprint density at radius 3 is 2.62 bits per heavy atom. The minimum absolute atomic E-state index is 0.415. The van der Waals surface area contributed by atoms with Crippen molar-refractivity contribution in [2.45, 2.75) is 26.2 Å². The number of benzene rings is 1. The standard InChI is InChI=1S/C14H20BrN/c1-14(10-16-2,12-7-8-12)9-11-5-3-4-6-13(11)15/h3-6,12,16H,7-10H2,1-2H3. The van der Waals surface area contributed by atoms with Crippen molar-refractivity contribution in [3.63, 3.8) is 0 Å². The minimum Gasteiger partial charge on any atom is -0.319 e. The Bertz CT molecular complexity index is 360. The molecule has 0 radical (unpaired) electrons. The zero-order valence-corrected chi connectivity index (χ0v) is 11.7. The highest BCUT2D eigenvalue weighted by atomic mass is 79.9. The van der Waals surface area contributed by atoms with Gasteiger partial charge in [-0.05, 0) is 49.3 Å². The third-order valence-electron chi connectivity index (χ3n) is 3.70. The average molecular weight is 282 g/mol. The first kappa shape index (κ1) is 12.1. The van der Waals surface area contributed by atoms with Gasteiger partial charge in [-0.25, -0.2) is 0 Å². The molecule has 1 nitrogen and oxygen atoms in total. The molecule has 2 rings (SSSR count). The molecule has 0 spiro atoms. The fraction of sp³-hybridized carbons (Fsp3) is 0.571. The van der Waals surface area contributed by atoms with Gasteiger partial charge in [0.05, 0.1) is 0 Å². The summed E-state index contributed by atoms with van der Waals surface area (Å²) in [6.07, 6.45) is 3.98. The maximum absolute atomic E-state index is 3.65. The molecular weight excluding hydrogens is 262 g/mol. The molecule has 1 aromatic carbocycles. The van der Waals surface area contributed by atoms with E-state index in [0.717, 1.165) is 12.5 Å². The summed E-state index contributed by atoms with van der Waals surface area (Å²) in [5, 5.41) is 3.35. The zero-order chi connectivity index (χ0) is 11.6. The van der Waals surface area contributed by atoms with Crippen molar-refractivity contribution in [2.24, 2.45) is 11.3 Å². The fourth-order valence-electron chi connectivity index (χ4n) is 2.61. The van der Waals surface area contributed by atoms with Crippen LogP contribution in [0.25, 0.3) is 0 Å². The van der Waals surface area contributed by atoms with E-state index in [9.17, 15) is 0 Å². The highest BCUT2D eigenvalue weighted by Crippen LogP contribution is 2.47. The van der Waals surface area contributed by atoms with Gasteiger partial charge in [0.15, 0.2) is 0 Å². The lowest BCUT2D eigenvalue weighted by Gasteiger charge is -2.30. The van der Waals surface area contributed by atoms with Gasteiger partial charge in [-0.1, -0.05) is 41.1 Å². The topological polar surface area (TPSA) is 12.0 Å². The van der Waals surface area contributed by atoms with E-state index in [1.54, 1.807) is 0 Å². The number of nitrogens with one attached hydrogen (secondary N) is 1. The molecule has 1 fully saturated rings. The van der Waals surface area contributed by atoms with Gasteiger partial charge in [-0.2, -0.15) is 0 Å². The van der Waals surface area contributed by atoms with E-state index in [2.05, 4.69) is 59.5 Å². The van der Waals surface area contributed by atoms with Crippen molar-refractivity contribution in [1.82, 2.24) is 5.32 Å². The van der Waals surface area contributed by atoms with E-state index in [1.165, 1.54) is 29.3 Å². The molecule has 0 heterocycles. The number of hydrogen-bond donors (Lipinski definition) is 1. The van der Waals surface area contributed by atoms with E-state index >= 15 is 0 Å². The molecule has 1 aliphatic carbocycles. The van der Waals surface area contributed by atoms with Crippen LogP contribution in [-0.4, -0.2) is 13.6 Å². The second kappa shape index (κ2) is 4.89. The fourth-order valence-corrected chi connectivity index (χ4v) is 3.04. The molecule has 1 N–H and O–H groups in total. The van der Waals surface area contributed by atoms with Crippen LogP contribution in [0.2, 0.25) is 0 Å². The summed E-state index contributed by atoms with van der Waals surface area (Å²) < 4.78 is 1.25. The van der Waals surface area contributed by atoms with Crippen LogP contribution in [-0.2, 0) is 6.42 Å². The summed E-state index contributed by atoms with van der Waals surface area (Å²) in [7, 11) is 2.06. The number of halogens is 1. The zero-order valence-electron chi connectivity index (χ0n) is 10.1.